The van der Waals surface area contributed by atoms with Crippen LogP contribution in [0.25, 0.3) is 11.8 Å². The number of benzene rings is 1. The summed E-state index contributed by atoms with van der Waals surface area (Å²) in [5.41, 5.74) is 0.531. The number of allylic oxidation sites excluding steroid dienone is 1. The number of ether oxygens (including phenoxy) is 1. The zero-order valence-corrected chi connectivity index (χ0v) is 18.7. The van der Waals surface area contributed by atoms with Gasteiger partial charge in [0, 0.05) is 16.3 Å². The minimum Gasteiger partial charge on any atom is -0.506 e. The van der Waals surface area contributed by atoms with Gasteiger partial charge < -0.3 is 14.3 Å². The molecule has 1 aliphatic heterocycles. The van der Waals surface area contributed by atoms with Gasteiger partial charge >= 0.3 is 5.97 Å². The summed E-state index contributed by atoms with van der Waals surface area (Å²) in [6.45, 7) is 3.54. The summed E-state index contributed by atoms with van der Waals surface area (Å²) >= 11 is 13.1. The number of furan rings is 1. The minimum atomic E-state index is -0.742. The zero-order valence-electron chi connectivity index (χ0n) is 16.4. The summed E-state index contributed by atoms with van der Waals surface area (Å²) < 4.78 is 12.3. The quantitative estimate of drug-likeness (QED) is 0.578. The molecule has 0 saturated heterocycles. The lowest BCUT2D eigenvalue weighted by Gasteiger charge is -2.20. The summed E-state index contributed by atoms with van der Waals surface area (Å²) in [6, 6.07) is 5.57. The lowest BCUT2D eigenvalue weighted by molar-refractivity contribution is -0.138. The van der Waals surface area contributed by atoms with Crippen LogP contribution in [0.2, 0.25) is 10.0 Å². The van der Waals surface area contributed by atoms with Crippen molar-refractivity contribution in [1.29, 1.82) is 0 Å². The number of halogens is 2. The molecule has 4 rings (SSSR count). The van der Waals surface area contributed by atoms with Crippen LogP contribution in [-0.2, 0) is 9.53 Å². The predicted molar refractivity (Wildman–Crippen MR) is 118 cm³/mol. The number of phenolic OH excluding ortho intramolecular Hbond substituents is 1. The van der Waals surface area contributed by atoms with Crippen molar-refractivity contribution >= 4 is 52.3 Å². The van der Waals surface area contributed by atoms with Crippen LogP contribution in [0.3, 0.4) is 0 Å². The third-order valence-corrected chi connectivity index (χ3v) is 6.19. The molecule has 1 N–H and O–H groups in total. The lowest BCUT2D eigenvalue weighted by Crippen LogP contribution is -2.35. The third-order valence-electron chi connectivity index (χ3n) is 4.70. The number of hydrogen-bond donors (Lipinski definition) is 1. The van der Waals surface area contributed by atoms with E-state index in [1.165, 1.54) is 29.0 Å². The maximum absolute atomic E-state index is 13.2. The molecule has 0 aliphatic carbocycles. The largest absolute Gasteiger partial charge is 0.506 e. The molecule has 160 valence electrons. The molecule has 0 spiro atoms. The first-order chi connectivity index (χ1) is 14.8. The van der Waals surface area contributed by atoms with Crippen molar-refractivity contribution in [3.63, 3.8) is 0 Å². The lowest BCUT2D eigenvalue weighted by atomic mass is 10.0. The molecule has 0 bridgehead atoms. The van der Waals surface area contributed by atoms with Crippen molar-refractivity contribution in [2.75, 3.05) is 6.61 Å². The predicted octanol–water partition coefficient (Wildman–Crippen LogP) is 3.51. The van der Waals surface area contributed by atoms with E-state index in [2.05, 4.69) is 4.99 Å². The Balaban J connectivity index is 1.97. The van der Waals surface area contributed by atoms with Crippen molar-refractivity contribution in [2.24, 2.45) is 4.99 Å². The van der Waals surface area contributed by atoms with Crippen LogP contribution in [0, 0.1) is 0 Å². The van der Waals surface area contributed by atoms with Crippen molar-refractivity contribution in [2.45, 2.75) is 19.9 Å². The Morgan fingerprint density at radius 1 is 1.42 bits per heavy atom. The summed E-state index contributed by atoms with van der Waals surface area (Å²) in [5.74, 6) is -0.301. The molecule has 3 aromatic rings. The van der Waals surface area contributed by atoms with Crippen molar-refractivity contribution in [3.05, 3.63) is 77.2 Å². The van der Waals surface area contributed by atoms with Gasteiger partial charge in [-0.3, -0.25) is 9.36 Å². The molecule has 1 aromatic carbocycles. The molecule has 3 heterocycles. The van der Waals surface area contributed by atoms with Crippen LogP contribution in [0.4, 0.5) is 0 Å². The van der Waals surface area contributed by atoms with Gasteiger partial charge in [0.2, 0.25) is 0 Å². The highest BCUT2D eigenvalue weighted by Gasteiger charge is 2.32. The molecule has 0 fully saturated rings. The highest BCUT2D eigenvalue weighted by molar-refractivity contribution is 7.07. The first kappa shape index (κ1) is 21.4. The number of carbonyl (C=O) groups is 1. The topological polar surface area (TPSA) is 94.0 Å². The number of aromatic nitrogens is 1. The van der Waals surface area contributed by atoms with Gasteiger partial charge in [0.25, 0.3) is 5.56 Å². The molecule has 7 nitrogen and oxygen atoms in total. The van der Waals surface area contributed by atoms with Crippen molar-refractivity contribution in [3.8, 4) is 5.75 Å². The van der Waals surface area contributed by atoms with Gasteiger partial charge in [-0.1, -0.05) is 34.5 Å². The van der Waals surface area contributed by atoms with Gasteiger partial charge in [0.15, 0.2) is 4.80 Å². The van der Waals surface area contributed by atoms with E-state index in [0.29, 0.717) is 26.8 Å². The summed E-state index contributed by atoms with van der Waals surface area (Å²) in [4.78, 5) is 30.8. The van der Waals surface area contributed by atoms with E-state index >= 15 is 0 Å². The van der Waals surface area contributed by atoms with E-state index in [9.17, 15) is 14.7 Å². The molecule has 0 radical (unpaired) electrons. The Morgan fingerprint density at radius 3 is 2.87 bits per heavy atom. The fraction of sp³-hybridized carbons (Fsp3) is 0.190. The normalized spacial score (nSPS) is 16.3. The van der Waals surface area contributed by atoms with Gasteiger partial charge in [-0.2, -0.15) is 0 Å². The van der Waals surface area contributed by atoms with E-state index in [1.807, 2.05) is 0 Å². The number of thiazole rings is 1. The molecular weight excluding hydrogens is 463 g/mol. The van der Waals surface area contributed by atoms with Gasteiger partial charge in [-0.05, 0) is 44.2 Å². The molecule has 0 amide bonds. The fourth-order valence-corrected chi connectivity index (χ4v) is 4.85. The second-order valence-corrected chi connectivity index (χ2v) is 8.48. The molecule has 10 heteroatoms. The van der Waals surface area contributed by atoms with E-state index in [1.54, 1.807) is 26.0 Å². The maximum Gasteiger partial charge on any atom is 0.338 e. The highest BCUT2D eigenvalue weighted by atomic mass is 35.5. The first-order valence-electron chi connectivity index (χ1n) is 9.23. The average molecular weight is 479 g/mol. The van der Waals surface area contributed by atoms with E-state index in [-0.39, 0.29) is 27.5 Å². The first-order valence-corrected chi connectivity index (χ1v) is 10.8. The second-order valence-electron chi connectivity index (χ2n) is 6.63. The number of carbonyl (C=O) groups excluding carboxylic acids is 1. The van der Waals surface area contributed by atoms with Gasteiger partial charge in [0.05, 0.1) is 28.0 Å². The Morgan fingerprint density at radius 2 is 2.19 bits per heavy atom. The summed E-state index contributed by atoms with van der Waals surface area (Å²) in [6.07, 6.45) is 2.98. The SMILES string of the molecule is CCOC(=O)C1=C(C)n2c(s/c(=C\c3cc(Cl)cc(Cl)c3O)c2=O)=N[C@@H]1c1ccco1. The smallest absolute Gasteiger partial charge is 0.338 e. The van der Waals surface area contributed by atoms with Crippen LogP contribution < -0.4 is 14.9 Å². The standard InChI is InChI=1S/C21H16Cl2N2O5S/c1-3-29-20(28)16-10(2)25-19(27)15(8-11-7-12(22)9-13(23)18(11)26)31-21(25)24-17(16)14-5-4-6-30-14/h4-9,17,26H,3H2,1-2H3/b15-8-/t17-/m1/s1. The monoisotopic (exact) mass is 478 g/mol. The number of hydrogen-bond acceptors (Lipinski definition) is 7. The molecule has 0 unspecified atom stereocenters. The third kappa shape index (κ3) is 3.82. The molecule has 1 atom stereocenters. The number of nitrogens with zero attached hydrogens (tertiary/aromatic N) is 2. The minimum absolute atomic E-state index is 0.0726. The van der Waals surface area contributed by atoms with E-state index < -0.39 is 17.6 Å². The molecule has 1 aliphatic rings. The summed E-state index contributed by atoms with van der Waals surface area (Å²) in [5, 5.41) is 10.6. The molecule has 0 saturated carbocycles. The number of esters is 1. The number of fused-ring (bicyclic) bond motifs is 1. The van der Waals surface area contributed by atoms with Gasteiger partial charge in [-0.25, -0.2) is 9.79 Å². The Kier molecular flexibility index (Phi) is 5.79. The average Bonchev–Trinajstić information content (AvgIpc) is 3.34. The highest BCUT2D eigenvalue weighted by Crippen LogP contribution is 2.33. The summed E-state index contributed by atoms with van der Waals surface area (Å²) in [7, 11) is 0. The number of rotatable bonds is 4. The van der Waals surface area contributed by atoms with Crippen LogP contribution in [-0.4, -0.2) is 22.2 Å². The van der Waals surface area contributed by atoms with Gasteiger partial charge in [-0.15, -0.1) is 0 Å². The zero-order chi connectivity index (χ0) is 22.3. The number of phenols is 1. The van der Waals surface area contributed by atoms with Crippen molar-refractivity contribution in [1.82, 2.24) is 4.57 Å². The van der Waals surface area contributed by atoms with E-state index in [4.69, 9.17) is 32.4 Å². The van der Waals surface area contributed by atoms with Gasteiger partial charge in [0.1, 0.15) is 17.6 Å². The Hall–Kier alpha value is -2.81. The number of aromatic hydroxyl groups is 1. The second kappa shape index (κ2) is 8.37. The van der Waals surface area contributed by atoms with E-state index in [0.717, 1.165) is 11.3 Å². The fourth-order valence-electron chi connectivity index (χ4n) is 3.31. The molecule has 31 heavy (non-hydrogen) atoms. The Labute approximate surface area is 190 Å². The van der Waals surface area contributed by atoms with Crippen molar-refractivity contribution < 1.29 is 19.1 Å². The molecule has 2 aromatic heterocycles. The van der Waals surface area contributed by atoms with Crippen LogP contribution >= 0.6 is 34.5 Å². The van der Waals surface area contributed by atoms with Crippen LogP contribution in [0.1, 0.15) is 31.2 Å². The van der Waals surface area contributed by atoms with Crippen LogP contribution in [0.5, 0.6) is 5.75 Å². The van der Waals surface area contributed by atoms with Crippen LogP contribution in [0.15, 0.2) is 50.3 Å². The molecular formula is C21H16Cl2N2O5S. The Bertz CT molecular complexity index is 1390. The maximum atomic E-state index is 13.2.